The molecule has 2 heterocycles. The van der Waals surface area contributed by atoms with Gasteiger partial charge in [0, 0.05) is 44.7 Å². The van der Waals surface area contributed by atoms with E-state index in [-0.39, 0.29) is 29.9 Å². The quantitative estimate of drug-likeness (QED) is 0.785. The molecule has 0 spiro atoms. The highest BCUT2D eigenvalue weighted by atomic mass is 16.2. The van der Waals surface area contributed by atoms with Gasteiger partial charge in [-0.15, -0.1) is 0 Å². The molecule has 2 saturated heterocycles. The molecule has 0 saturated carbocycles. The highest BCUT2D eigenvalue weighted by Crippen LogP contribution is 2.25. The SMILES string of the molecule is CCN(CC)C(=O)CC[C@H]1CNC(=O)[C@@H]2[C@@H](CCN2C)N1C. The van der Waals surface area contributed by atoms with Crippen molar-refractivity contribution < 1.29 is 9.59 Å². The fourth-order valence-corrected chi connectivity index (χ4v) is 3.80. The molecular formula is C16H30N4O2. The lowest BCUT2D eigenvalue weighted by molar-refractivity contribution is -0.131. The summed E-state index contributed by atoms with van der Waals surface area (Å²) in [5.74, 6) is 0.350. The lowest BCUT2D eigenvalue weighted by Crippen LogP contribution is -2.48. The number of nitrogens with zero attached hydrogens (tertiary/aromatic N) is 3. The van der Waals surface area contributed by atoms with Crippen LogP contribution in [0.4, 0.5) is 0 Å². The zero-order valence-corrected chi connectivity index (χ0v) is 14.3. The van der Waals surface area contributed by atoms with E-state index in [0.717, 1.165) is 32.5 Å². The molecule has 22 heavy (non-hydrogen) atoms. The molecule has 6 heteroatoms. The summed E-state index contributed by atoms with van der Waals surface area (Å²) in [5, 5.41) is 3.06. The average Bonchev–Trinajstić information content (AvgIpc) is 2.84. The van der Waals surface area contributed by atoms with Gasteiger partial charge in [-0.2, -0.15) is 0 Å². The average molecular weight is 310 g/mol. The Morgan fingerprint density at radius 3 is 2.64 bits per heavy atom. The fraction of sp³-hybridized carbons (Fsp3) is 0.875. The van der Waals surface area contributed by atoms with E-state index in [9.17, 15) is 9.59 Å². The molecule has 0 aromatic heterocycles. The molecule has 2 fully saturated rings. The van der Waals surface area contributed by atoms with Crippen molar-refractivity contribution in [3.8, 4) is 0 Å². The van der Waals surface area contributed by atoms with Crippen molar-refractivity contribution in [3.05, 3.63) is 0 Å². The smallest absolute Gasteiger partial charge is 0.239 e. The van der Waals surface area contributed by atoms with Gasteiger partial charge in [-0.25, -0.2) is 0 Å². The van der Waals surface area contributed by atoms with Crippen molar-refractivity contribution >= 4 is 11.8 Å². The van der Waals surface area contributed by atoms with Gasteiger partial charge < -0.3 is 10.2 Å². The van der Waals surface area contributed by atoms with Crippen LogP contribution < -0.4 is 5.32 Å². The molecule has 1 N–H and O–H groups in total. The number of rotatable bonds is 5. The molecule has 2 amide bonds. The molecule has 0 radical (unpaired) electrons. The van der Waals surface area contributed by atoms with Crippen molar-refractivity contribution in [1.29, 1.82) is 0 Å². The third-order valence-corrected chi connectivity index (χ3v) is 5.30. The molecule has 3 atom stereocenters. The predicted molar refractivity (Wildman–Crippen MR) is 86.5 cm³/mol. The van der Waals surface area contributed by atoms with Crippen LogP contribution in [0.5, 0.6) is 0 Å². The highest BCUT2D eigenvalue weighted by Gasteiger charge is 2.43. The molecule has 0 bridgehead atoms. The Morgan fingerprint density at radius 2 is 2.00 bits per heavy atom. The maximum absolute atomic E-state index is 12.3. The van der Waals surface area contributed by atoms with Crippen LogP contribution in [0.3, 0.4) is 0 Å². The third-order valence-electron chi connectivity index (χ3n) is 5.30. The van der Waals surface area contributed by atoms with Gasteiger partial charge in [0.1, 0.15) is 6.04 Å². The van der Waals surface area contributed by atoms with Crippen LogP contribution in [0.2, 0.25) is 0 Å². The Balaban J connectivity index is 1.97. The molecule has 2 rings (SSSR count). The van der Waals surface area contributed by atoms with E-state index in [4.69, 9.17) is 0 Å². The molecule has 0 aliphatic carbocycles. The summed E-state index contributed by atoms with van der Waals surface area (Å²) in [4.78, 5) is 30.8. The summed E-state index contributed by atoms with van der Waals surface area (Å²) in [6, 6.07) is 0.458. The van der Waals surface area contributed by atoms with Gasteiger partial charge in [0.2, 0.25) is 11.8 Å². The minimum absolute atomic E-state index is 0.0477. The van der Waals surface area contributed by atoms with Crippen LogP contribution in [0.15, 0.2) is 0 Å². The van der Waals surface area contributed by atoms with Gasteiger partial charge in [-0.3, -0.25) is 19.4 Å². The summed E-state index contributed by atoms with van der Waals surface area (Å²) in [6.07, 6.45) is 2.38. The number of nitrogens with one attached hydrogen (secondary N) is 1. The predicted octanol–water partition coefficient (Wildman–Crippen LogP) is 0.138. The second-order valence-corrected chi connectivity index (χ2v) is 6.45. The zero-order valence-electron chi connectivity index (χ0n) is 14.3. The van der Waals surface area contributed by atoms with E-state index < -0.39 is 0 Å². The van der Waals surface area contributed by atoms with Crippen LogP contribution in [0.1, 0.15) is 33.1 Å². The van der Waals surface area contributed by atoms with Gasteiger partial charge >= 0.3 is 0 Å². The number of likely N-dealkylation sites (N-methyl/N-ethyl adjacent to an activating group) is 2. The summed E-state index contributed by atoms with van der Waals surface area (Å²) in [6.45, 7) is 7.15. The molecule has 126 valence electrons. The van der Waals surface area contributed by atoms with Crippen LogP contribution in [0.25, 0.3) is 0 Å². The van der Waals surface area contributed by atoms with Crippen molar-refractivity contribution in [2.45, 2.75) is 51.2 Å². The van der Waals surface area contributed by atoms with Gasteiger partial charge in [0.05, 0.1) is 0 Å². The van der Waals surface area contributed by atoms with E-state index in [1.165, 1.54) is 0 Å². The lowest BCUT2D eigenvalue weighted by Gasteiger charge is -2.32. The number of fused-ring (bicyclic) bond motifs is 1. The first-order valence-electron chi connectivity index (χ1n) is 8.47. The number of amides is 2. The molecule has 0 aromatic carbocycles. The molecule has 0 unspecified atom stereocenters. The Labute approximate surface area is 133 Å². The largest absolute Gasteiger partial charge is 0.353 e. The van der Waals surface area contributed by atoms with Crippen LogP contribution in [-0.2, 0) is 9.59 Å². The van der Waals surface area contributed by atoms with Gasteiger partial charge in [-0.05, 0) is 40.8 Å². The Morgan fingerprint density at radius 1 is 1.32 bits per heavy atom. The first-order valence-corrected chi connectivity index (χ1v) is 8.47. The molecule has 6 nitrogen and oxygen atoms in total. The monoisotopic (exact) mass is 310 g/mol. The normalized spacial score (nSPS) is 29.8. The van der Waals surface area contributed by atoms with E-state index in [2.05, 4.69) is 22.2 Å². The standard InChI is InChI=1S/C16H30N4O2/c1-5-20(6-2)14(21)8-7-12-11-17-16(22)15-13(19(12)4)9-10-18(15)3/h12-13,15H,5-11H2,1-4H3,(H,17,22)/t12-,13+,15-/m0/s1. The number of hydrogen-bond donors (Lipinski definition) is 1. The number of likely N-dealkylation sites (tertiary alicyclic amines) is 1. The van der Waals surface area contributed by atoms with Gasteiger partial charge in [-0.1, -0.05) is 0 Å². The van der Waals surface area contributed by atoms with Crippen molar-refractivity contribution in [3.63, 3.8) is 0 Å². The summed E-state index contributed by atoms with van der Waals surface area (Å²) < 4.78 is 0. The maximum Gasteiger partial charge on any atom is 0.239 e. The van der Waals surface area contributed by atoms with Crippen molar-refractivity contribution in [2.75, 3.05) is 40.3 Å². The van der Waals surface area contributed by atoms with Crippen molar-refractivity contribution in [1.82, 2.24) is 20.0 Å². The first kappa shape index (κ1) is 17.2. The summed E-state index contributed by atoms with van der Waals surface area (Å²) >= 11 is 0. The van der Waals surface area contributed by atoms with E-state index in [1.54, 1.807) is 0 Å². The maximum atomic E-state index is 12.3. The minimum Gasteiger partial charge on any atom is -0.353 e. The topological polar surface area (TPSA) is 55.9 Å². The Bertz CT molecular complexity index is 411. The van der Waals surface area contributed by atoms with E-state index in [0.29, 0.717) is 13.0 Å². The van der Waals surface area contributed by atoms with E-state index in [1.807, 2.05) is 25.8 Å². The van der Waals surface area contributed by atoms with Crippen LogP contribution in [-0.4, -0.2) is 84.9 Å². The first-order chi connectivity index (χ1) is 10.5. The minimum atomic E-state index is -0.0477. The number of hydrogen-bond acceptors (Lipinski definition) is 4. The zero-order chi connectivity index (χ0) is 16.3. The van der Waals surface area contributed by atoms with Crippen LogP contribution in [0, 0.1) is 0 Å². The molecular weight excluding hydrogens is 280 g/mol. The van der Waals surface area contributed by atoms with Crippen molar-refractivity contribution in [2.24, 2.45) is 0 Å². The molecule has 2 aliphatic heterocycles. The Hall–Kier alpha value is -1.14. The number of carbonyl (C=O) groups is 2. The highest BCUT2D eigenvalue weighted by molar-refractivity contribution is 5.83. The second-order valence-electron chi connectivity index (χ2n) is 6.45. The van der Waals surface area contributed by atoms with Gasteiger partial charge in [0.15, 0.2) is 0 Å². The molecule has 2 aliphatic rings. The Kier molecular flexibility index (Phi) is 5.81. The fourth-order valence-electron chi connectivity index (χ4n) is 3.80. The third kappa shape index (κ3) is 3.43. The summed E-state index contributed by atoms with van der Waals surface area (Å²) in [7, 11) is 4.12. The number of carbonyl (C=O) groups excluding carboxylic acids is 2. The van der Waals surface area contributed by atoms with E-state index >= 15 is 0 Å². The summed E-state index contributed by atoms with van der Waals surface area (Å²) in [5.41, 5.74) is 0. The lowest BCUT2D eigenvalue weighted by atomic mass is 10.0. The molecule has 0 aromatic rings. The second kappa shape index (κ2) is 7.42. The van der Waals surface area contributed by atoms with Gasteiger partial charge in [0.25, 0.3) is 0 Å². The van der Waals surface area contributed by atoms with Crippen LogP contribution >= 0.6 is 0 Å².